The van der Waals surface area contributed by atoms with Gasteiger partial charge in [-0.2, -0.15) is 5.26 Å². The Morgan fingerprint density at radius 1 is 1.08 bits per heavy atom. The van der Waals surface area contributed by atoms with Gasteiger partial charge in [-0.05, 0) is 24.6 Å². The lowest BCUT2D eigenvalue weighted by molar-refractivity contribution is -0.130. The van der Waals surface area contributed by atoms with Crippen molar-refractivity contribution >= 4 is 11.6 Å². The Morgan fingerprint density at radius 3 is 2.54 bits per heavy atom. The van der Waals surface area contributed by atoms with Crippen LogP contribution >= 0.6 is 0 Å². The molecule has 1 amide bonds. The van der Waals surface area contributed by atoms with Gasteiger partial charge in [0.15, 0.2) is 0 Å². The predicted molar refractivity (Wildman–Crippen MR) is 94.8 cm³/mol. The van der Waals surface area contributed by atoms with E-state index in [9.17, 15) is 10.1 Å². The molecule has 1 heterocycles. The topological polar surface area (TPSA) is 47.3 Å². The van der Waals surface area contributed by atoms with Gasteiger partial charge in [-0.1, -0.05) is 42.0 Å². The second kappa shape index (κ2) is 7.18. The summed E-state index contributed by atoms with van der Waals surface area (Å²) in [6.07, 6.45) is 0.455. The number of amides is 1. The third kappa shape index (κ3) is 3.57. The molecule has 1 aliphatic heterocycles. The monoisotopic (exact) mass is 319 g/mol. The van der Waals surface area contributed by atoms with Crippen molar-refractivity contribution in [1.82, 2.24) is 4.90 Å². The molecule has 2 aromatic rings. The number of hydrogen-bond acceptors (Lipinski definition) is 3. The van der Waals surface area contributed by atoms with Crippen molar-refractivity contribution in [3.05, 3.63) is 65.2 Å². The smallest absolute Gasteiger partial charge is 0.227 e. The third-order valence-corrected chi connectivity index (χ3v) is 4.44. The van der Waals surface area contributed by atoms with Crippen molar-refractivity contribution in [1.29, 1.82) is 5.26 Å². The molecule has 24 heavy (non-hydrogen) atoms. The lowest BCUT2D eigenvalue weighted by atomic mass is 10.1. The highest BCUT2D eigenvalue weighted by Gasteiger charge is 2.22. The molecule has 3 rings (SSSR count). The molecule has 0 saturated carbocycles. The molecule has 1 saturated heterocycles. The van der Waals surface area contributed by atoms with Crippen LogP contribution in [-0.4, -0.2) is 37.0 Å². The summed E-state index contributed by atoms with van der Waals surface area (Å²) in [5.74, 6) is 0.175. The zero-order valence-electron chi connectivity index (χ0n) is 13.9. The van der Waals surface area contributed by atoms with Crippen molar-refractivity contribution in [3.8, 4) is 6.07 Å². The molecule has 0 unspecified atom stereocenters. The van der Waals surface area contributed by atoms with E-state index in [1.807, 2.05) is 54.3 Å². The second-order valence-corrected chi connectivity index (χ2v) is 6.16. The summed E-state index contributed by atoms with van der Waals surface area (Å²) >= 11 is 0. The number of carbonyl (C=O) groups excluding carboxylic acids is 1. The number of benzene rings is 2. The fourth-order valence-corrected chi connectivity index (χ4v) is 3.15. The highest BCUT2D eigenvalue weighted by molar-refractivity contribution is 5.79. The average molecular weight is 319 g/mol. The molecule has 0 bridgehead atoms. The molecule has 4 nitrogen and oxygen atoms in total. The summed E-state index contributed by atoms with van der Waals surface area (Å²) in [7, 11) is 0. The zero-order valence-corrected chi connectivity index (χ0v) is 13.9. The zero-order chi connectivity index (χ0) is 16.9. The maximum Gasteiger partial charge on any atom is 0.227 e. The summed E-state index contributed by atoms with van der Waals surface area (Å²) in [6, 6.07) is 18.0. The van der Waals surface area contributed by atoms with Gasteiger partial charge >= 0.3 is 0 Å². The number of rotatable bonds is 3. The normalized spacial score (nSPS) is 14.3. The molecule has 0 N–H and O–H groups in total. The first-order chi connectivity index (χ1) is 11.7. The summed E-state index contributed by atoms with van der Waals surface area (Å²) in [6.45, 7) is 4.96. The van der Waals surface area contributed by atoms with Crippen molar-refractivity contribution in [2.45, 2.75) is 13.3 Å². The number of hydrogen-bond donors (Lipinski definition) is 0. The van der Waals surface area contributed by atoms with Crippen LogP contribution in [0.3, 0.4) is 0 Å². The van der Waals surface area contributed by atoms with E-state index in [2.05, 4.69) is 17.0 Å². The Bertz CT molecular complexity index is 770. The Balaban J connectivity index is 1.61. The van der Waals surface area contributed by atoms with Crippen LogP contribution in [-0.2, 0) is 11.2 Å². The number of anilines is 1. The van der Waals surface area contributed by atoms with Crippen molar-refractivity contribution in [2.75, 3.05) is 31.1 Å². The SMILES string of the molecule is Cc1cccc(CC(=O)N2CCN(c3ccccc3C#N)CC2)c1. The fourth-order valence-electron chi connectivity index (χ4n) is 3.15. The third-order valence-electron chi connectivity index (χ3n) is 4.44. The molecule has 2 aromatic carbocycles. The Labute approximate surface area is 142 Å². The van der Waals surface area contributed by atoms with E-state index < -0.39 is 0 Å². The number of carbonyl (C=O) groups is 1. The minimum Gasteiger partial charge on any atom is -0.367 e. The standard InChI is InChI=1S/C20H21N3O/c1-16-5-4-6-17(13-16)14-20(24)23-11-9-22(10-12-23)19-8-3-2-7-18(19)15-21/h2-8,13H,9-12,14H2,1H3. The molecule has 0 atom stereocenters. The Kier molecular flexibility index (Phi) is 4.81. The molecular formula is C20H21N3O. The van der Waals surface area contributed by atoms with E-state index in [0.29, 0.717) is 25.1 Å². The van der Waals surface area contributed by atoms with Gasteiger partial charge in [0.1, 0.15) is 6.07 Å². The van der Waals surface area contributed by atoms with Crippen molar-refractivity contribution in [3.63, 3.8) is 0 Å². The van der Waals surface area contributed by atoms with Crippen molar-refractivity contribution in [2.24, 2.45) is 0 Å². The van der Waals surface area contributed by atoms with Crippen LogP contribution in [0.15, 0.2) is 48.5 Å². The fraction of sp³-hybridized carbons (Fsp3) is 0.300. The van der Waals surface area contributed by atoms with Crippen LogP contribution in [0.2, 0.25) is 0 Å². The van der Waals surface area contributed by atoms with Gasteiger partial charge < -0.3 is 9.80 Å². The Hall–Kier alpha value is -2.80. The van der Waals surface area contributed by atoms with E-state index >= 15 is 0 Å². The summed E-state index contributed by atoms with van der Waals surface area (Å²) < 4.78 is 0. The number of piperazine rings is 1. The minimum atomic E-state index is 0.175. The minimum absolute atomic E-state index is 0.175. The molecular weight excluding hydrogens is 298 g/mol. The number of para-hydroxylation sites is 1. The first kappa shape index (κ1) is 16.1. The molecule has 4 heteroatoms. The van der Waals surface area contributed by atoms with Crippen LogP contribution in [0.1, 0.15) is 16.7 Å². The number of nitriles is 1. The average Bonchev–Trinajstić information content (AvgIpc) is 2.62. The van der Waals surface area contributed by atoms with E-state index in [4.69, 9.17) is 0 Å². The molecule has 0 spiro atoms. The molecule has 122 valence electrons. The molecule has 0 radical (unpaired) electrons. The van der Waals surface area contributed by atoms with Gasteiger partial charge in [-0.3, -0.25) is 4.79 Å². The second-order valence-electron chi connectivity index (χ2n) is 6.16. The number of aryl methyl sites for hydroxylation is 1. The van der Waals surface area contributed by atoms with Crippen molar-refractivity contribution < 1.29 is 4.79 Å². The van der Waals surface area contributed by atoms with E-state index in [0.717, 1.165) is 24.3 Å². The Morgan fingerprint density at radius 2 is 1.83 bits per heavy atom. The van der Waals surface area contributed by atoms with Gasteiger partial charge in [0.2, 0.25) is 5.91 Å². The lowest BCUT2D eigenvalue weighted by Crippen LogP contribution is -2.49. The van der Waals surface area contributed by atoms with Gasteiger partial charge in [0.05, 0.1) is 17.7 Å². The van der Waals surface area contributed by atoms with Gasteiger partial charge in [0, 0.05) is 26.2 Å². The maximum absolute atomic E-state index is 12.5. The van der Waals surface area contributed by atoms with Crippen LogP contribution in [0.5, 0.6) is 0 Å². The molecule has 1 aliphatic rings. The summed E-state index contributed by atoms with van der Waals surface area (Å²) in [5.41, 5.74) is 3.90. The predicted octanol–water partition coefficient (Wildman–Crippen LogP) is 2.76. The molecule has 1 fully saturated rings. The molecule has 0 aromatic heterocycles. The van der Waals surface area contributed by atoms with Gasteiger partial charge in [0.25, 0.3) is 0 Å². The number of nitrogens with zero attached hydrogens (tertiary/aromatic N) is 3. The van der Waals surface area contributed by atoms with Crippen LogP contribution in [0.4, 0.5) is 5.69 Å². The largest absolute Gasteiger partial charge is 0.367 e. The van der Waals surface area contributed by atoms with E-state index in [1.165, 1.54) is 5.56 Å². The van der Waals surface area contributed by atoms with E-state index in [-0.39, 0.29) is 5.91 Å². The first-order valence-electron chi connectivity index (χ1n) is 8.25. The highest BCUT2D eigenvalue weighted by Crippen LogP contribution is 2.21. The molecule has 0 aliphatic carbocycles. The lowest BCUT2D eigenvalue weighted by Gasteiger charge is -2.36. The highest BCUT2D eigenvalue weighted by atomic mass is 16.2. The van der Waals surface area contributed by atoms with E-state index in [1.54, 1.807) is 0 Å². The van der Waals surface area contributed by atoms with Crippen LogP contribution < -0.4 is 4.90 Å². The summed E-state index contributed by atoms with van der Waals surface area (Å²) in [4.78, 5) is 16.6. The quantitative estimate of drug-likeness (QED) is 0.874. The summed E-state index contributed by atoms with van der Waals surface area (Å²) in [5, 5.41) is 9.23. The van der Waals surface area contributed by atoms with Gasteiger partial charge in [-0.25, -0.2) is 0 Å². The van der Waals surface area contributed by atoms with Crippen LogP contribution in [0, 0.1) is 18.3 Å². The van der Waals surface area contributed by atoms with Gasteiger partial charge in [-0.15, -0.1) is 0 Å². The first-order valence-corrected chi connectivity index (χ1v) is 8.25. The maximum atomic E-state index is 12.5. The van der Waals surface area contributed by atoms with Crippen LogP contribution in [0.25, 0.3) is 0 Å².